The van der Waals surface area contributed by atoms with E-state index in [1.54, 1.807) is 14.0 Å². The molecule has 1 saturated carbocycles. The monoisotopic (exact) mass is 290 g/mol. The Morgan fingerprint density at radius 2 is 2.00 bits per heavy atom. The summed E-state index contributed by atoms with van der Waals surface area (Å²) in [6.07, 6.45) is 6.58. The van der Waals surface area contributed by atoms with E-state index in [4.69, 9.17) is 9.47 Å². The molecule has 3 heteroatoms. The summed E-state index contributed by atoms with van der Waals surface area (Å²) in [5, 5.41) is 0. The van der Waals surface area contributed by atoms with Crippen molar-refractivity contribution in [3.63, 3.8) is 0 Å². The van der Waals surface area contributed by atoms with E-state index in [9.17, 15) is 4.79 Å². The molecule has 1 aromatic rings. The predicted molar refractivity (Wildman–Crippen MR) is 84.2 cm³/mol. The topological polar surface area (TPSA) is 35.5 Å². The van der Waals surface area contributed by atoms with Gasteiger partial charge in [0.15, 0.2) is 11.5 Å². The van der Waals surface area contributed by atoms with Crippen LogP contribution in [0.2, 0.25) is 0 Å². The molecule has 2 rings (SSSR count). The van der Waals surface area contributed by atoms with Gasteiger partial charge >= 0.3 is 0 Å². The maximum Gasteiger partial charge on any atom is 0.161 e. The van der Waals surface area contributed by atoms with Gasteiger partial charge in [0.2, 0.25) is 0 Å². The van der Waals surface area contributed by atoms with Crippen molar-refractivity contribution < 1.29 is 14.3 Å². The van der Waals surface area contributed by atoms with Gasteiger partial charge in [0.25, 0.3) is 0 Å². The van der Waals surface area contributed by atoms with Crippen molar-refractivity contribution in [1.29, 1.82) is 0 Å². The summed E-state index contributed by atoms with van der Waals surface area (Å²) in [5.41, 5.74) is 1.17. The number of methoxy groups -OCH3 is 1. The van der Waals surface area contributed by atoms with Crippen molar-refractivity contribution in [1.82, 2.24) is 0 Å². The molecule has 0 bridgehead atoms. The van der Waals surface area contributed by atoms with Crippen LogP contribution in [0.25, 0.3) is 0 Å². The van der Waals surface area contributed by atoms with Gasteiger partial charge in [-0.3, -0.25) is 0 Å². The Morgan fingerprint density at radius 3 is 2.57 bits per heavy atom. The highest BCUT2D eigenvalue weighted by molar-refractivity contribution is 5.76. The number of carbonyl (C=O) groups is 1. The third-order valence-electron chi connectivity index (χ3n) is 4.28. The summed E-state index contributed by atoms with van der Waals surface area (Å²) in [7, 11) is 1.67. The fourth-order valence-corrected chi connectivity index (χ4v) is 3.07. The second-order valence-corrected chi connectivity index (χ2v) is 5.95. The highest BCUT2D eigenvalue weighted by atomic mass is 16.5. The quantitative estimate of drug-likeness (QED) is 0.742. The molecule has 0 heterocycles. The Morgan fingerprint density at radius 1 is 1.29 bits per heavy atom. The lowest BCUT2D eigenvalue weighted by molar-refractivity contribution is -0.117. The first-order valence-corrected chi connectivity index (χ1v) is 7.98. The Bertz CT molecular complexity index is 475. The molecule has 0 saturated heterocycles. The molecule has 0 spiro atoms. The number of benzene rings is 1. The fraction of sp³-hybridized carbons (Fsp3) is 0.611. The van der Waals surface area contributed by atoms with Crippen molar-refractivity contribution in [2.24, 2.45) is 0 Å². The Balaban J connectivity index is 2.20. The Kier molecular flexibility index (Phi) is 5.66. The molecule has 0 N–H and O–H groups in total. The van der Waals surface area contributed by atoms with Crippen LogP contribution in [-0.4, -0.2) is 19.0 Å². The second-order valence-electron chi connectivity index (χ2n) is 5.95. The first kappa shape index (κ1) is 15.9. The number of hydrogen-bond acceptors (Lipinski definition) is 3. The Labute approximate surface area is 127 Å². The minimum Gasteiger partial charge on any atom is -0.493 e. The molecule has 116 valence electrons. The molecule has 1 fully saturated rings. The van der Waals surface area contributed by atoms with E-state index in [0.29, 0.717) is 12.5 Å². The van der Waals surface area contributed by atoms with Gasteiger partial charge in [-0.2, -0.15) is 0 Å². The highest BCUT2D eigenvalue weighted by Gasteiger charge is 2.20. The maximum absolute atomic E-state index is 11.4. The SMILES string of the molecule is CCC(CC(C)=O)c1ccc(OC)c(OC2CCCC2)c1. The lowest BCUT2D eigenvalue weighted by atomic mass is 9.91. The van der Waals surface area contributed by atoms with Gasteiger partial charge in [-0.1, -0.05) is 13.0 Å². The highest BCUT2D eigenvalue weighted by Crippen LogP contribution is 2.35. The minimum atomic E-state index is 0.232. The number of ether oxygens (including phenoxy) is 2. The number of hydrogen-bond donors (Lipinski definition) is 0. The van der Waals surface area contributed by atoms with Crippen molar-refractivity contribution in [3.8, 4) is 11.5 Å². The van der Waals surface area contributed by atoms with E-state index < -0.39 is 0 Å². The number of ketones is 1. The van der Waals surface area contributed by atoms with Crippen LogP contribution in [0, 0.1) is 0 Å². The summed E-state index contributed by atoms with van der Waals surface area (Å²) >= 11 is 0. The zero-order valence-corrected chi connectivity index (χ0v) is 13.4. The molecular formula is C18H26O3. The molecule has 1 unspecified atom stereocenters. The van der Waals surface area contributed by atoms with Crippen LogP contribution in [0.3, 0.4) is 0 Å². The van der Waals surface area contributed by atoms with Crippen LogP contribution in [0.4, 0.5) is 0 Å². The molecule has 0 amide bonds. The lowest BCUT2D eigenvalue weighted by Crippen LogP contribution is -2.12. The molecule has 1 aromatic carbocycles. The Hall–Kier alpha value is -1.51. The fourth-order valence-electron chi connectivity index (χ4n) is 3.07. The van der Waals surface area contributed by atoms with E-state index in [-0.39, 0.29) is 11.7 Å². The summed E-state index contributed by atoms with van der Waals surface area (Å²) in [5.74, 6) is 2.10. The normalized spacial score (nSPS) is 16.7. The average molecular weight is 290 g/mol. The van der Waals surface area contributed by atoms with Crippen molar-refractivity contribution in [2.75, 3.05) is 7.11 Å². The van der Waals surface area contributed by atoms with Gasteiger partial charge < -0.3 is 14.3 Å². The van der Waals surface area contributed by atoms with E-state index in [1.165, 1.54) is 18.4 Å². The standard InChI is InChI=1S/C18H26O3/c1-4-14(11-13(2)19)15-9-10-17(20-3)18(12-15)21-16-7-5-6-8-16/h9-10,12,14,16H,4-8,11H2,1-3H3. The number of rotatable bonds is 7. The van der Waals surface area contributed by atoms with Crippen molar-refractivity contribution in [2.45, 2.75) is 64.4 Å². The van der Waals surface area contributed by atoms with Crippen LogP contribution < -0.4 is 9.47 Å². The largest absolute Gasteiger partial charge is 0.493 e. The smallest absolute Gasteiger partial charge is 0.161 e. The van der Waals surface area contributed by atoms with E-state index in [2.05, 4.69) is 19.1 Å². The lowest BCUT2D eigenvalue weighted by Gasteiger charge is -2.19. The first-order chi connectivity index (χ1) is 10.1. The molecule has 0 aromatic heterocycles. The van der Waals surface area contributed by atoms with Gasteiger partial charge in [-0.05, 0) is 62.6 Å². The third kappa shape index (κ3) is 4.23. The van der Waals surface area contributed by atoms with Crippen LogP contribution in [-0.2, 0) is 4.79 Å². The summed E-state index contributed by atoms with van der Waals surface area (Å²) in [6, 6.07) is 6.08. The van der Waals surface area contributed by atoms with Gasteiger partial charge in [0.05, 0.1) is 13.2 Å². The van der Waals surface area contributed by atoms with Gasteiger partial charge in [0, 0.05) is 6.42 Å². The van der Waals surface area contributed by atoms with E-state index in [1.807, 2.05) is 6.07 Å². The molecule has 1 aliphatic rings. The maximum atomic E-state index is 11.4. The average Bonchev–Trinajstić information content (AvgIpc) is 2.97. The minimum absolute atomic E-state index is 0.232. The van der Waals surface area contributed by atoms with Gasteiger partial charge in [-0.25, -0.2) is 0 Å². The summed E-state index contributed by atoms with van der Waals surface area (Å²) in [6.45, 7) is 3.78. The van der Waals surface area contributed by atoms with Gasteiger partial charge in [-0.15, -0.1) is 0 Å². The summed E-state index contributed by atoms with van der Waals surface area (Å²) < 4.78 is 11.5. The molecule has 1 atom stereocenters. The zero-order chi connectivity index (χ0) is 15.2. The first-order valence-electron chi connectivity index (χ1n) is 7.98. The predicted octanol–water partition coefficient (Wildman–Crippen LogP) is 4.49. The zero-order valence-electron chi connectivity index (χ0n) is 13.4. The second kappa shape index (κ2) is 7.48. The van der Waals surface area contributed by atoms with Crippen molar-refractivity contribution in [3.05, 3.63) is 23.8 Å². The van der Waals surface area contributed by atoms with E-state index in [0.717, 1.165) is 30.8 Å². The van der Waals surface area contributed by atoms with E-state index >= 15 is 0 Å². The third-order valence-corrected chi connectivity index (χ3v) is 4.28. The molecule has 3 nitrogen and oxygen atoms in total. The van der Waals surface area contributed by atoms with Crippen molar-refractivity contribution >= 4 is 5.78 Å². The van der Waals surface area contributed by atoms with Gasteiger partial charge in [0.1, 0.15) is 5.78 Å². The number of carbonyl (C=O) groups excluding carboxylic acids is 1. The van der Waals surface area contributed by atoms with Crippen LogP contribution in [0.15, 0.2) is 18.2 Å². The number of Topliss-reactive ketones (excluding diaryl/α,β-unsaturated/α-hetero) is 1. The molecule has 0 radical (unpaired) electrons. The molecule has 1 aliphatic carbocycles. The summed E-state index contributed by atoms with van der Waals surface area (Å²) in [4.78, 5) is 11.4. The molecular weight excluding hydrogens is 264 g/mol. The van der Waals surface area contributed by atoms with Crippen LogP contribution >= 0.6 is 0 Å². The molecule has 21 heavy (non-hydrogen) atoms. The molecule has 0 aliphatic heterocycles. The van der Waals surface area contributed by atoms with Crippen LogP contribution in [0.1, 0.15) is 63.9 Å². The van der Waals surface area contributed by atoms with Crippen LogP contribution in [0.5, 0.6) is 11.5 Å².